The van der Waals surface area contributed by atoms with Gasteiger partial charge in [0.05, 0.1) is 7.11 Å². The lowest BCUT2D eigenvalue weighted by Crippen LogP contribution is -2.00. The van der Waals surface area contributed by atoms with Crippen molar-refractivity contribution < 1.29 is 9.84 Å². The molecule has 0 fully saturated rings. The molecular weight excluding hydrogens is 312 g/mol. The van der Waals surface area contributed by atoms with Crippen LogP contribution in [0.2, 0.25) is 0 Å². The number of thiophene rings is 1. The summed E-state index contributed by atoms with van der Waals surface area (Å²) in [5, 5.41) is 10.4. The molecule has 0 saturated heterocycles. The van der Waals surface area contributed by atoms with E-state index >= 15 is 0 Å². The summed E-state index contributed by atoms with van der Waals surface area (Å²) in [7, 11) is 1.62. The maximum Gasteiger partial charge on any atom is 0.125 e. The number of aliphatic hydroxyl groups excluding tert-OH is 1. The van der Waals surface area contributed by atoms with E-state index in [1.165, 1.54) is 4.88 Å². The third-order valence-corrected chi connectivity index (χ3v) is 4.56. The molecule has 1 heterocycles. The summed E-state index contributed by atoms with van der Waals surface area (Å²) in [6.45, 7) is 2.11. The van der Waals surface area contributed by atoms with Gasteiger partial charge < -0.3 is 9.84 Å². The molecule has 2 nitrogen and oxygen atoms in total. The Hall–Kier alpha value is -0.840. The Morgan fingerprint density at radius 3 is 2.72 bits per heavy atom. The first-order valence-corrected chi connectivity index (χ1v) is 7.36. The van der Waals surface area contributed by atoms with E-state index in [1.807, 2.05) is 24.3 Å². The van der Waals surface area contributed by atoms with Crippen LogP contribution in [-0.2, 0) is 6.42 Å². The van der Waals surface area contributed by atoms with Crippen LogP contribution in [0.5, 0.6) is 5.75 Å². The summed E-state index contributed by atoms with van der Waals surface area (Å²) in [6.07, 6.45) is 0.357. The maximum absolute atomic E-state index is 10.4. The van der Waals surface area contributed by atoms with E-state index in [2.05, 4.69) is 28.9 Å². The number of aliphatic hydroxyl groups is 1. The third-order valence-electron chi connectivity index (χ3n) is 2.79. The van der Waals surface area contributed by atoms with Gasteiger partial charge in [-0.05, 0) is 36.8 Å². The molecule has 96 valence electrons. The molecule has 2 rings (SSSR count). The SMILES string of the molecule is CCc1ccc(C(O)c2cc(Br)ccc2OC)s1. The number of hydrogen-bond acceptors (Lipinski definition) is 3. The zero-order chi connectivity index (χ0) is 13.1. The molecule has 0 aliphatic rings. The molecule has 0 spiro atoms. The highest BCUT2D eigenvalue weighted by atomic mass is 79.9. The van der Waals surface area contributed by atoms with Crippen molar-refractivity contribution in [1.82, 2.24) is 0 Å². The van der Waals surface area contributed by atoms with Gasteiger partial charge in [-0.25, -0.2) is 0 Å². The van der Waals surface area contributed by atoms with Crippen LogP contribution >= 0.6 is 27.3 Å². The summed E-state index contributed by atoms with van der Waals surface area (Å²) in [4.78, 5) is 2.22. The van der Waals surface area contributed by atoms with Crippen LogP contribution in [0.25, 0.3) is 0 Å². The predicted molar refractivity (Wildman–Crippen MR) is 78.5 cm³/mol. The molecule has 0 saturated carbocycles. The minimum Gasteiger partial charge on any atom is -0.496 e. The van der Waals surface area contributed by atoms with Gasteiger partial charge in [0.2, 0.25) is 0 Å². The monoisotopic (exact) mass is 326 g/mol. The zero-order valence-electron chi connectivity index (χ0n) is 10.3. The van der Waals surface area contributed by atoms with Crippen LogP contribution in [0.15, 0.2) is 34.8 Å². The number of halogens is 1. The fourth-order valence-electron chi connectivity index (χ4n) is 1.80. The molecule has 1 atom stereocenters. The van der Waals surface area contributed by atoms with Crippen molar-refractivity contribution in [2.45, 2.75) is 19.4 Å². The van der Waals surface area contributed by atoms with Crippen LogP contribution in [0.1, 0.15) is 28.3 Å². The normalized spacial score (nSPS) is 12.4. The molecule has 0 aliphatic carbocycles. The highest BCUT2D eigenvalue weighted by molar-refractivity contribution is 9.10. The van der Waals surface area contributed by atoms with Crippen molar-refractivity contribution >= 4 is 27.3 Å². The van der Waals surface area contributed by atoms with E-state index in [0.29, 0.717) is 5.75 Å². The average Bonchev–Trinajstić information content (AvgIpc) is 2.86. The fraction of sp³-hybridized carbons (Fsp3) is 0.286. The van der Waals surface area contributed by atoms with Gasteiger partial charge in [0.25, 0.3) is 0 Å². The molecule has 1 unspecified atom stereocenters. The largest absolute Gasteiger partial charge is 0.496 e. The lowest BCUT2D eigenvalue weighted by Gasteiger charge is -2.14. The zero-order valence-corrected chi connectivity index (χ0v) is 12.7. The van der Waals surface area contributed by atoms with E-state index in [9.17, 15) is 5.11 Å². The quantitative estimate of drug-likeness (QED) is 0.913. The summed E-state index contributed by atoms with van der Waals surface area (Å²) in [5.41, 5.74) is 0.788. The van der Waals surface area contributed by atoms with Gasteiger partial charge in [0.1, 0.15) is 11.9 Å². The summed E-state index contributed by atoms with van der Waals surface area (Å²) >= 11 is 5.06. The van der Waals surface area contributed by atoms with E-state index < -0.39 is 6.10 Å². The number of methoxy groups -OCH3 is 1. The first-order valence-electron chi connectivity index (χ1n) is 5.75. The number of aryl methyl sites for hydroxylation is 1. The topological polar surface area (TPSA) is 29.5 Å². The van der Waals surface area contributed by atoms with Gasteiger partial charge in [-0.1, -0.05) is 22.9 Å². The minimum absolute atomic E-state index is 0.636. The van der Waals surface area contributed by atoms with Crippen molar-refractivity contribution in [2.75, 3.05) is 7.11 Å². The minimum atomic E-state index is -0.636. The summed E-state index contributed by atoms with van der Waals surface area (Å²) < 4.78 is 6.23. The van der Waals surface area contributed by atoms with E-state index in [0.717, 1.165) is 21.3 Å². The number of benzene rings is 1. The molecule has 0 aliphatic heterocycles. The summed E-state index contributed by atoms with van der Waals surface area (Å²) in [6, 6.07) is 9.70. The van der Waals surface area contributed by atoms with Gasteiger partial charge in [-0.3, -0.25) is 0 Å². The fourth-order valence-corrected chi connectivity index (χ4v) is 3.14. The van der Waals surface area contributed by atoms with Gasteiger partial charge >= 0.3 is 0 Å². The Kier molecular flexibility index (Phi) is 4.43. The second kappa shape index (κ2) is 5.87. The number of hydrogen-bond donors (Lipinski definition) is 1. The van der Waals surface area contributed by atoms with Crippen molar-refractivity contribution in [3.63, 3.8) is 0 Å². The standard InChI is InChI=1S/C14H15BrO2S/c1-3-10-5-7-13(18-10)14(16)11-8-9(15)4-6-12(11)17-2/h4-8,14,16H,3H2,1-2H3. The Labute approximate surface area is 119 Å². The van der Waals surface area contributed by atoms with Crippen molar-refractivity contribution in [3.8, 4) is 5.75 Å². The molecule has 0 bridgehead atoms. The average molecular weight is 327 g/mol. The molecule has 0 amide bonds. The molecular formula is C14H15BrO2S. The molecule has 1 N–H and O–H groups in total. The summed E-state index contributed by atoms with van der Waals surface area (Å²) in [5.74, 6) is 0.706. The van der Waals surface area contributed by atoms with E-state index in [1.54, 1.807) is 18.4 Å². The van der Waals surface area contributed by atoms with Gasteiger partial charge in [0, 0.05) is 19.8 Å². The smallest absolute Gasteiger partial charge is 0.125 e. The molecule has 1 aromatic carbocycles. The predicted octanol–water partition coefficient (Wildman–Crippen LogP) is 4.16. The van der Waals surface area contributed by atoms with Crippen LogP contribution in [0.3, 0.4) is 0 Å². The maximum atomic E-state index is 10.4. The Morgan fingerprint density at radius 1 is 1.33 bits per heavy atom. The highest BCUT2D eigenvalue weighted by Crippen LogP contribution is 2.35. The van der Waals surface area contributed by atoms with Crippen molar-refractivity contribution in [1.29, 1.82) is 0 Å². The molecule has 18 heavy (non-hydrogen) atoms. The first-order chi connectivity index (χ1) is 8.65. The van der Waals surface area contributed by atoms with E-state index in [4.69, 9.17) is 4.74 Å². The lowest BCUT2D eigenvalue weighted by atomic mass is 10.1. The van der Waals surface area contributed by atoms with Crippen LogP contribution in [0.4, 0.5) is 0 Å². The van der Waals surface area contributed by atoms with Crippen molar-refractivity contribution in [3.05, 3.63) is 50.1 Å². The van der Waals surface area contributed by atoms with Crippen LogP contribution in [-0.4, -0.2) is 12.2 Å². The number of rotatable bonds is 4. The van der Waals surface area contributed by atoms with Crippen molar-refractivity contribution in [2.24, 2.45) is 0 Å². The van der Waals surface area contributed by atoms with E-state index in [-0.39, 0.29) is 0 Å². The first kappa shape index (κ1) is 13.6. The van der Waals surface area contributed by atoms with Crippen LogP contribution in [0, 0.1) is 0 Å². The molecule has 4 heteroatoms. The number of ether oxygens (including phenoxy) is 1. The van der Waals surface area contributed by atoms with Gasteiger partial charge in [-0.15, -0.1) is 11.3 Å². The Balaban J connectivity index is 2.38. The molecule has 2 aromatic rings. The second-order valence-corrected chi connectivity index (χ2v) is 6.06. The Bertz CT molecular complexity index is 536. The Morgan fingerprint density at radius 2 is 2.11 bits per heavy atom. The third kappa shape index (κ3) is 2.76. The lowest BCUT2D eigenvalue weighted by molar-refractivity contribution is 0.218. The second-order valence-electron chi connectivity index (χ2n) is 3.95. The van der Waals surface area contributed by atoms with Gasteiger partial charge in [-0.2, -0.15) is 0 Å². The molecule has 0 radical (unpaired) electrons. The highest BCUT2D eigenvalue weighted by Gasteiger charge is 2.17. The molecule has 1 aromatic heterocycles. The van der Waals surface area contributed by atoms with Crippen LogP contribution < -0.4 is 4.74 Å². The van der Waals surface area contributed by atoms with Gasteiger partial charge in [0.15, 0.2) is 0 Å².